The van der Waals surface area contributed by atoms with Gasteiger partial charge in [0.15, 0.2) is 0 Å². The molecule has 0 amide bonds. The van der Waals surface area contributed by atoms with E-state index in [0.717, 1.165) is 6.92 Å². The Bertz CT molecular complexity index is 592. The van der Waals surface area contributed by atoms with Gasteiger partial charge in [-0.25, -0.2) is 13.8 Å². The number of rotatable bonds is 1. The molecule has 0 radical (unpaired) electrons. The van der Waals surface area contributed by atoms with E-state index in [2.05, 4.69) is 4.99 Å². The molecule has 9 heteroatoms. The van der Waals surface area contributed by atoms with Gasteiger partial charge in [-0.3, -0.25) is 5.01 Å². The van der Waals surface area contributed by atoms with Crippen molar-refractivity contribution in [2.75, 3.05) is 19.6 Å². The fourth-order valence-corrected chi connectivity index (χ4v) is 2.94. The lowest BCUT2D eigenvalue weighted by molar-refractivity contribution is -0.201. The Morgan fingerprint density at radius 3 is 2.57 bits per heavy atom. The van der Waals surface area contributed by atoms with Crippen molar-refractivity contribution in [3.63, 3.8) is 0 Å². The summed E-state index contributed by atoms with van der Waals surface area (Å²) < 4.78 is 65.5. The lowest BCUT2D eigenvalue weighted by Gasteiger charge is -2.38. The molecule has 0 saturated carbocycles. The number of aliphatic imine (C=N–C) groups is 1. The summed E-state index contributed by atoms with van der Waals surface area (Å²) in [5.41, 5.74) is 0.532. The van der Waals surface area contributed by atoms with Crippen molar-refractivity contribution in [3.05, 3.63) is 23.7 Å². The van der Waals surface area contributed by atoms with E-state index in [-0.39, 0.29) is 19.5 Å². The topological polar surface area (TPSA) is 22.1 Å². The molecule has 1 atom stereocenters. The first kappa shape index (κ1) is 16.2. The lowest BCUT2D eigenvalue weighted by Crippen LogP contribution is -2.50. The smallest absolute Gasteiger partial charge is 0.350 e. The van der Waals surface area contributed by atoms with Crippen LogP contribution >= 0.6 is 0 Å². The average molecular weight is 336 g/mol. The molecule has 1 saturated heterocycles. The molecule has 128 valence electrons. The quantitative estimate of drug-likeness (QED) is 0.688. The summed E-state index contributed by atoms with van der Waals surface area (Å²) in [5, 5.41) is 2.57. The fourth-order valence-electron chi connectivity index (χ4n) is 2.94. The molecule has 3 aliphatic heterocycles. The van der Waals surface area contributed by atoms with Crippen molar-refractivity contribution < 1.29 is 22.0 Å². The predicted molar refractivity (Wildman–Crippen MR) is 74.5 cm³/mol. The number of halogens is 5. The number of nitrogens with zero attached hydrogens (tertiary/aromatic N) is 4. The van der Waals surface area contributed by atoms with Crippen LogP contribution in [-0.2, 0) is 0 Å². The van der Waals surface area contributed by atoms with Gasteiger partial charge in [-0.2, -0.15) is 18.2 Å². The van der Waals surface area contributed by atoms with Crippen LogP contribution in [0.5, 0.6) is 0 Å². The summed E-state index contributed by atoms with van der Waals surface area (Å²) in [7, 11) is 0. The second-order valence-corrected chi connectivity index (χ2v) is 6.00. The molecule has 3 heterocycles. The van der Waals surface area contributed by atoms with Crippen LogP contribution in [0, 0.1) is 0 Å². The summed E-state index contributed by atoms with van der Waals surface area (Å²) in [6.07, 6.45) is -1.46. The van der Waals surface area contributed by atoms with Gasteiger partial charge in [-0.05, 0) is 19.9 Å². The molecule has 23 heavy (non-hydrogen) atoms. The van der Waals surface area contributed by atoms with Crippen molar-refractivity contribution in [1.29, 1.82) is 0 Å². The van der Waals surface area contributed by atoms with Crippen LogP contribution in [0.1, 0.15) is 20.3 Å². The Morgan fingerprint density at radius 2 is 2.00 bits per heavy atom. The van der Waals surface area contributed by atoms with Crippen LogP contribution in [-0.4, -0.2) is 58.5 Å². The molecular formula is C14H17F5N4. The molecule has 4 nitrogen and oxygen atoms in total. The minimum absolute atomic E-state index is 0.0775. The maximum Gasteiger partial charge on any atom is 0.405 e. The van der Waals surface area contributed by atoms with Crippen LogP contribution in [0.3, 0.4) is 0 Å². The molecule has 1 fully saturated rings. The van der Waals surface area contributed by atoms with E-state index in [0.29, 0.717) is 17.4 Å². The number of allylic oxidation sites excluding steroid dienone is 1. The third-order valence-corrected chi connectivity index (χ3v) is 4.25. The highest BCUT2D eigenvalue weighted by molar-refractivity contribution is 5.95. The molecule has 3 aliphatic rings. The third kappa shape index (κ3) is 2.93. The zero-order valence-electron chi connectivity index (χ0n) is 12.7. The molecule has 0 aromatic carbocycles. The number of fused-ring (bicyclic) bond motifs is 1. The normalized spacial score (nSPS) is 26.0. The molecular weight excluding hydrogens is 319 g/mol. The van der Waals surface area contributed by atoms with Crippen LogP contribution in [0.15, 0.2) is 28.7 Å². The minimum atomic E-state index is -4.36. The van der Waals surface area contributed by atoms with Gasteiger partial charge in [0.2, 0.25) is 0 Å². The predicted octanol–water partition coefficient (Wildman–Crippen LogP) is 2.97. The van der Waals surface area contributed by atoms with Crippen LogP contribution < -0.4 is 0 Å². The molecule has 0 aliphatic carbocycles. The van der Waals surface area contributed by atoms with Crippen molar-refractivity contribution in [1.82, 2.24) is 14.9 Å². The summed E-state index contributed by atoms with van der Waals surface area (Å²) >= 11 is 0. The number of hydrazine groups is 1. The Kier molecular flexibility index (Phi) is 3.66. The van der Waals surface area contributed by atoms with Gasteiger partial charge in [-0.15, -0.1) is 0 Å². The van der Waals surface area contributed by atoms with Gasteiger partial charge in [0.05, 0.1) is 6.54 Å². The molecule has 0 bridgehead atoms. The SMILES string of the molecule is CC1=CC(N2CCC(F)(F)C2)=NC2=CCN(C(C)C(F)(F)F)N12. The number of amidine groups is 1. The Hall–Kier alpha value is -1.64. The van der Waals surface area contributed by atoms with Gasteiger partial charge < -0.3 is 4.90 Å². The summed E-state index contributed by atoms with van der Waals surface area (Å²) in [6, 6.07) is -1.66. The fraction of sp³-hybridized carbons (Fsp3) is 0.643. The first-order valence-corrected chi connectivity index (χ1v) is 7.32. The zero-order chi connectivity index (χ0) is 17.0. The van der Waals surface area contributed by atoms with Gasteiger partial charge in [0.1, 0.15) is 17.7 Å². The van der Waals surface area contributed by atoms with E-state index >= 15 is 0 Å². The molecule has 0 aromatic rings. The van der Waals surface area contributed by atoms with Crippen molar-refractivity contribution >= 4 is 5.84 Å². The Morgan fingerprint density at radius 1 is 1.30 bits per heavy atom. The van der Waals surface area contributed by atoms with E-state index in [9.17, 15) is 22.0 Å². The highest BCUT2D eigenvalue weighted by atomic mass is 19.4. The van der Waals surface area contributed by atoms with E-state index < -0.39 is 24.7 Å². The largest absolute Gasteiger partial charge is 0.405 e. The van der Waals surface area contributed by atoms with Gasteiger partial charge in [0, 0.05) is 31.3 Å². The average Bonchev–Trinajstić information content (AvgIpc) is 3.00. The highest BCUT2D eigenvalue weighted by Crippen LogP contribution is 2.35. The Balaban J connectivity index is 1.81. The van der Waals surface area contributed by atoms with Crippen molar-refractivity contribution in [2.45, 2.75) is 38.4 Å². The first-order valence-electron chi connectivity index (χ1n) is 7.32. The Labute approximate surface area is 130 Å². The van der Waals surface area contributed by atoms with Crippen molar-refractivity contribution in [2.24, 2.45) is 4.99 Å². The molecule has 1 unspecified atom stereocenters. The second kappa shape index (κ2) is 5.19. The summed E-state index contributed by atoms with van der Waals surface area (Å²) in [4.78, 5) is 5.74. The molecule has 0 aromatic heterocycles. The standard InChI is InChI=1S/C14H17F5N4/c1-9-7-12(21-6-4-13(15,16)8-21)20-11-3-5-22(23(9)11)10(2)14(17,18)19/h3,7,10H,4-6,8H2,1-2H3. The van der Waals surface area contributed by atoms with Gasteiger partial charge in [-0.1, -0.05) is 0 Å². The van der Waals surface area contributed by atoms with Crippen LogP contribution in [0.25, 0.3) is 0 Å². The van der Waals surface area contributed by atoms with E-state index in [4.69, 9.17) is 0 Å². The minimum Gasteiger partial charge on any atom is -0.350 e. The third-order valence-electron chi connectivity index (χ3n) is 4.25. The van der Waals surface area contributed by atoms with Gasteiger partial charge in [0.25, 0.3) is 5.92 Å². The first-order chi connectivity index (χ1) is 10.6. The maximum atomic E-state index is 13.3. The lowest BCUT2D eigenvalue weighted by atomic mass is 10.3. The number of alkyl halides is 5. The molecule has 3 rings (SSSR count). The van der Waals surface area contributed by atoms with E-state index in [1.165, 1.54) is 14.9 Å². The van der Waals surface area contributed by atoms with Crippen LogP contribution in [0.2, 0.25) is 0 Å². The van der Waals surface area contributed by atoms with Gasteiger partial charge >= 0.3 is 6.18 Å². The van der Waals surface area contributed by atoms with E-state index in [1.54, 1.807) is 19.1 Å². The van der Waals surface area contributed by atoms with Crippen molar-refractivity contribution in [3.8, 4) is 0 Å². The highest BCUT2D eigenvalue weighted by Gasteiger charge is 2.46. The van der Waals surface area contributed by atoms with Crippen LogP contribution in [0.4, 0.5) is 22.0 Å². The summed E-state index contributed by atoms with van der Waals surface area (Å²) in [6.45, 7) is 2.59. The summed E-state index contributed by atoms with van der Waals surface area (Å²) in [5.74, 6) is -2.02. The number of likely N-dealkylation sites (tertiary alicyclic amines) is 1. The number of hydrogen-bond donors (Lipinski definition) is 0. The zero-order valence-corrected chi connectivity index (χ0v) is 12.7. The maximum absolute atomic E-state index is 13.3. The molecule has 0 N–H and O–H groups in total. The molecule has 0 spiro atoms. The van der Waals surface area contributed by atoms with E-state index in [1.807, 2.05) is 0 Å². The number of hydrogen-bond acceptors (Lipinski definition) is 4. The second-order valence-electron chi connectivity index (χ2n) is 6.00. The monoisotopic (exact) mass is 336 g/mol.